The second-order valence-corrected chi connectivity index (χ2v) is 13.2. The molecule has 2 aliphatic rings. The Morgan fingerprint density at radius 3 is 2.53 bits per heavy atom. The van der Waals surface area contributed by atoms with Gasteiger partial charge in [-0.05, 0) is 86.9 Å². The van der Waals surface area contributed by atoms with E-state index in [1.165, 1.54) is 15.9 Å². The minimum Gasteiger partial charge on any atom is -0.493 e. The summed E-state index contributed by atoms with van der Waals surface area (Å²) in [5.41, 5.74) is 2.65. The molecule has 0 unspecified atom stereocenters. The van der Waals surface area contributed by atoms with Crippen molar-refractivity contribution in [3.05, 3.63) is 101 Å². The van der Waals surface area contributed by atoms with Crippen LogP contribution in [-0.4, -0.2) is 44.3 Å². The summed E-state index contributed by atoms with van der Waals surface area (Å²) in [5.74, 6) is 2.85. The summed E-state index contributed by atoms with van der Waals surface area (Å²) in [5, 5.41) is 0. The highest BCUT2D eigenvalue weighted by Gasteiger charge is 2.34. The molecule has 0 bridgehead atoms. The minimum absolute atomic E-state index is 0.0803. The van der Waals surface area contributed by atoms with E-state index >= 15 is 0 Å². The van der Waals surface area contributed by atoms with Gasteiger partial charge in [-0.25, -0.2) is 9.79 Å². The highest BCUT2D eigenvalue weighted by molar-refractivity contribution is 9.10. The van der Waals surface area contributed by atoms with Gasteiger partial charge < -0.3 is 33.2 Å². The molecule has 2 aliphatic heterocycles. The summed E-state index contributed by atoms with van der Waals surface area (Å²) in [6.07, 6.45) is 1.68. The summed E-state index contributed by atoms with van der Waals surface area (Å²) in [6, 6.07) is 13.8. The predicted octanol–water partition coefficient (Wildman–Crippen LogP) is 5.67. The molecule has 1 atom stereocenters. The zero-order chi connectivity index (χ0) is 34.8. The van der Waals surface area contributed by atoms with E-state index in [0.717, 1.165) is 5.56 Å². The van der Waals surface area contributed by atoms with Crippen LogP contribution in [0.1, 0.15) is 50.4 Å². The van der Waals surface area contributed by atoms with Crippen LogP contribution in [0.25, 0.3) is 6.08 Å². The highest BCUT2D eigenvalue weighted by Crippen LogP contribution is 2.38. The fraction of sp³-hybridized carbons (Fsp3) is 0.306. The Bertz CT molecular complexity index is 2140. The van der Waals surface area contributed by atoms with Crippen molar-refractivity contribution in [2.24, 2.45) is 4.99 Å². The van der Waals surface area contributed by atoms with Crippen LogP contribution < -0.4 is 43.3 Å². The van der Waals surface area contributed by atoms with E-state index in [2.05, 4.69) is 20.9 Å². The Balaban J connectivity index is 1.39. The molecule has 4 aromatic rings. The number of hydrogen-bond acceptors (Lipinski definition) is 11. The zero-order valence-corrected chi connectivity index (χ0v) is 30.2. The van der Waals surface area contributed by atoms with Gasteiger partial charge >= 0.3 is 5.97 Å². The largest absolute Gasteiger partial charge is 0.493 e. The molecule has 0 fully saturated rings. The Labute approximate surface area is 295 Å². The van der Waals surface area contributed by atoms with Crippen molar-refractivity contribution in [1.82, 2.24) is 4.57 Å². The lowest BCUT2D eigenvalue weighted by atomic mass is 9.95. The van der Waals surface area contributed by atoms with Crippen LogP contribution in [0.3, 0.4) is 0 Å². The quantitative estimate of drug-likeness (QED) is 0.179. The van der Waals surface area contributed by atoms with Crippen LogP contribution in [0.15, 0.2) is 74.1 Å². The van der Waals surface area contributed by atoms with E-state index in [9.17, 15) is 9.59 Å². The number of hydrogen-bond donors (Lipinski definition) is 0. The number of esters is 1. The number of allylic oxidation sites excluding steroid dienone is 1. The van der Waals surface area contributed by atoms with Gasteiger partial charge in [-0.15, -0.1) is 0 Å². The third kappa shape index (κ3) is 6.90. The summed E-state index contributed by atoms with van der Waals surface area (Å²) in [7, 11) is 3.10. The maximum Gasteiger partial charge on any atom is 0.338 e. The van der Waals surface area contributed by atoms with Crippen molar-refractivity contribution in [3.63, 3.8) is 0 Å². The number of ether oxygens (including phenoxy) is 7. The molecule has 49 heavy (non-hydrogen) atoms. The number of nitrogens with zero attached hydrogens (tertiary/aromatic N) is 2. The maximum atomic E-state index is 14.2. The van der Waals surface area contributed by atoms with Gasteiger partial charge in [-0.1, -0.05) is 39.4 Å². The summed E-state index contributed by atoms with van der Waals surface area (Å²) >= 11 is 4.87. The topological polar surface area (TPSA) is 116 Å². The van der Waals surface area contributed by atoms with E-state index in [1.807, 2.05) is 38.1 Å². The first-order valence-electron chi connectivity index (χ1n) is 15.5. The number of carbonyl (C=O) groups is 1. The first-order chi connectivity index (χ1) is 23.6. The molecule has 0 amide bonds. The third-order valence-corrected chi connectivity index (χ3v) is 9.45. The molecule has 256 valence electrons. The molecule has 0 N–H and O–H groups in total. The maximum absolute atomic E-state index is 14.2. The first kappa shape index (κ1) is 34.1. The molecular formula is C36H35BrN2O9S. The number of benzene rings is 3. The number of carbonyl (C=O) groups excluding carboxylic acids is 1. The lowest BCUT2D eigenvalue weighted by Gasteiger charge is -2.25. The van der Waals surface area contributed by atoms with Crippen molar-refractivity contribution in [3.8, 4) is 34.5 Å². The van der Waals surface area contributed by atoms with Crippen LogP contribution >= 0.6 is 27.3 Å². The van der Waals surface area contributed by atoms with Gasteiger partial charge in [0.05, 0.1) is 48.8 Å². The summed E-state index contributed by atoms with van der Waals surface area (Å²) in [4.78, 5) is 32.7. The van der Waals surface area contributed by atoms with Crippen LogP contribution in [0, 0.1) is 0 Å². The molecular weight excluding hydrogens is 716 g/mol. The van der Waals surface area contributed by atoms with Crippen molar-refractivity contribution in [2.75, 3.05) is 27.6 Å². The van der Waals surface area contributed by atoms with Crippen LogP contribution in [-0.2, 0) is 16.1 Å². The molecule has 0 saturated carbocycles. The van der Waals surface area contributed by atoms with E-state index in [0.29, 0.717) is 65.1 Å². The highest BCUT2D eigenvalue weighted by atomic mass is 79.9. The second-order valence-electron chi connectivity index (χ2n) is 11.4. The fourth-order valence-electron chi connectivity index (χ4n) is 5.58. The van der Waals surface area contributed by atoms with Gasteiger partial charge in [0.15, 0.2) is 39.3 Å². The Morgan fingerprint density at radius 2 is 1.80 bits per heavy atom. The van der Waals surface area contributed by atoms with Crippen LogP contribution in [0.5, 0.6) is 34.5 Å². The number of aromatic nitrogens is 1. The van der Waals surface area contributed by atoms with Crippen LogP contribution in [0.2, 0.25) is 0 Å². The SMILES string of the molecule is CCOC(=O)C1=C(C)N=c2s/c(=C\c3cc(OC)c(OCc4ccc5c(c4)OCO5)cc3Br)c(=O)n2[C@@H]1c1ccc(OC(C)C)c(OC)c1. The molecule has 0 saturated heterocycles. The summed E-state index contributed by atoms with van der Waals surface area (Å²) in [6.45, 7) is 7.96. The second kappa shape index (κ2) is 14.4. The molecule has 13 heteroatoms. The van der Waals surface area contributed by atoms with Gasteiger partial charge in [0.25, 0.3) is 5.56 Å². The molecule has 11 nitrogen and oxygen atoms in total. The van der Waals surface area contributed by atoms with Crippen molar-refractivity contribution in [2.45, 2.75) is 46.4 Å². The average Bonchev–Trinajstić information content (AvgIpc) is 3.67. The first-order valence-corrected chi connectivity index (χ1v) is 17.2. The number of halogens is 1. The Hall–Kier alpha value is -4.75. The standard InChI is InChI=1S/C36H35BrN2O9S/c1-7-44-35(41)32-20(4)38-36-39(33(32)22-9-11-26(48-19(2)3)27(13-22)42-5)34(40)31(49-36)15-23-14-28(43-6)30(16-24(23)37)45-17-21-8-10-25-29(12-21)47-18-46-25/h8-16,19,33H,7,17-18H2,1-6H3/b31-15-/t33-/m1/s1. The number of thiazole rings is 1. The molecule has 0 aliphatic carbocycles. The van der Waals surface area contributed by atoms with E-state index in [4.69, 9.17) is 33.2 Å². The number of rotatable bonds is 11. The van der Waals surface area contributed by atoms with Crippen LogP contribution in [0.4, 0.5) is 0 Å². The predicted molar refractivity (Wildman–Crippen MR) is 187 cm³/mol. The molecule has 0 radical (unpaired) electrons. The van der Waals surface area contributed by atoms with Crippen molar-refractivity contribution in [1.29, 1.82) is 0 Å². The Kier molecular flexibility index (Phi) is 10.0. The summed E-state index contributed by atoms with van der Waals surface area (Å²) < 4.78 is 42.3. The molecule has 6 rings (SSSR count). The fourth-order valence-corrected chi connectivity index (χ4v) is 7.05. The van der Waals surface area contributed by atoms with Gasteiger partial charge in [-0.3, -0.25) is 9.36 Å². The molecule has 3 heterocycles. The van der Waals surface area contributed by atoms with Gasteiger partial charge in [0, 0.05) is 4.47 Å². The van der Waals surface area contributed by atoms with Gasteiger partial charge in [0.2, 0.25) is 6.79 Å². The van der Waals surface area contributed by atoms with E-state index < -0.39 is 12.0 Å². The molecule has 3 aromatic carbocycles. The third-order valence-electron chi connectivity index (χ3n) is 7.78. The molecule has 0 spiro atoms. The number of fused-ring (bicyclic) bond motifs is 2. The Morgan fingerprint density at radius 1 is 1.04 bits per heavy atom. The van der Waals surface area contributed by atoms with Crippen molar-refractivity contribution >= 4 is 39.3 Å². The number of methoxy groups -OCH3 is 2. The molecule has 1 aromatic heterocycles. The van der Waals surface area contributed by atoms with Gasteiger partial charge in [-0.2, -0.15) is 0 Å². The smallest absolute Gasteiger partial charge is 0.338 e. The monoisotopic (exact) mass is 750 g/mol. The average molecular weight is 752 g/mol. The lowest BCUT2D eigenvalue weighted by molar-refractivity contribution is -0.139. The van der Waals surface area contributed by atoms with E-state index in [-0.39, 0.29) is 37.2 Å². The minimum atomic E-state index is -0.815. The van der Waals surface area contributed by atoms with Gasteiger partial charge in [0.1, 0.15) is 6.61 Å². The lowest BCUT2D eigenvalue weighted by Crippen LogP contribution is -2.40. The van der Waals surface area contributed by atoms with Crippen molar-refractivity contribution < 1.29 is 38.0 Å². The van der Waals surface area contributed by atoms with E-state index in [1.54, 1.807) is 58.4 Å². The normalized spacial score (nSPS) is 15.2. The zero-order valence-electron chi connectivity index (χ0n) is 27.8.